The van der Waals surface area contributed by atoms with E-state index in [0.717, 1.165) is 16.9 Å². The second kappa shape index (κ2) is 7.01. The molecule has 2 aromatic heterocycles. The van der Waals surface area contributed by atoms with Crippen LogP contribution in [0.5, 0.6) is 5.75 Å². The first-order chi connectivity index (χ1) is 12.7. The van der Waals surface area contributed by atoms with E-state index >= 15 is 0 Å². The summed E-state index contributed by atoms with van der Waals surface area (Å²) in [5, 5.41) is 9.13. The molecule has 0 aliphatic rings. The van der Waals surface area contributed by atoms with Gasteiger partial charge < -0.3 is 9.26 Å². The maximum Gasteiger partial charge on any atom is 0.278 e. The lowest BCUT2D eigenvalue weighted by atomic mass is 10.2. The van der Waals surface area contributed by atoms with Gasteiger partial charge in [-0.3, -0.25) is 0 Å². The smallest absolute Gasteiger partial charge is 0.278 e. The Morgan fingerprint density at radius 1 is 1.12 bits per heavy atom. The van der Waals surface area contributed by atoms with E-state index in [4.69, 9.17) is 20.9 Å². The predicted octanol–water partition coefficient (Wildman–Crippen LogP) is 4.60. The number of aryl methyl sites for hydroxylation is 1. The fourth-order valence-electron chi connectivity index (χ4n) is 2.43. The van der Waals surface area contributed by atoms with Gasteiger partial charge in [0, 0.05) is 16.8 Å². The Kier molecular flexibility index (Phi) is 4.41. The van der Waals surface area contributed by atoms with Gasteiger partial charge in [-0.25, -0.2) is 4.68 Å². The minimum Gasteiger partial charge on any atom is -0.471 e. The Labute approximate surface area is 155 Å². The molecule has 0 spiro atoms. The van der Waals surface area contributed by atoms with Gasteiger partial charge in [0.1, 0.15) is 5.75 Å². The zero-order valence-corrected chi connectivity index (χ0v) is 14.7. The van der Waals surface area contributed by atoms with Gasteiger partial charge >= 0.3 is 0 Å². The van der Waals surface area contributed by atoms with Crippen molar-refractivity contribution in [3.05, 3.63) is 71.4 Å². The average Bonchev–Trinajstić information content (AvgIpc) is 3.32. The number of benzene rings is 2. The zero-order valence-electron chi connectivity index (χ0n) is 14.0. The molecule has 2 aromatic carbocycles. The molecular formula is C19H15ClN4O2. The lowest BCUT2D eigenvalue weighted by molar-refractivity contribution is 0.221. The normalized spacial score (nSPS) is 10.8. The molecule has 6 nitrogen and oxygen atoms in total. The SMILES string of the molecule is Cc1cc(OCn2ccc(-c3nc(-c4ccccc4)no3)n2)ccc1Cl. The van der Waals surface area contributed by atoms with Crippen molar-refractivity contribution in [1.29, 1.82) is 0 Å². The molecule has 0 radical (unpaired) electrons. The number of hydrogen-bond acceptors (Lipinski definition) is 5. The third-order valence-corrected chi connectivity index (χ3v) is 4.23. The molecule has 0 unspecified atom stereocenters. The number of ether oxygens (including phenoxy) is 1. The van der Waals surface area contributed by atoms with Crippen molar-refractivity contribution >= 4 is 11.6 Å². The summed E-state index contributed by atoms with van der Waals surface area (Å²) in [6.07, 6.45) is 1.80. The first-order valence-electron chi connectivity index (χ1n) is 8.01. The zero-order chi connectivity index (χ0) is 17.9. The minimum absolute atomic E-state index is 0.265. The van der Waals surface area contributed by atoms with Crippen molar-refractivity contribution in [2.24, 2.45) is 0 Å². The molecule has 0 N–H and O–H groups in total. The molecule has 4 rings (SSSR count). The van der Waals surface area contributed by atoms with Gasteiger partial charge in [0.2, 0.25) is 5.82 Å². The molecule has 0 amide bonds. The highest BCUT2D eigenvalue weighted by Crippen LogP contribution is 2.22. The fourth-order valence-corrected chi connectivity index (χ4v) is 2.54. The van der Waals surface area contributed by atoms with Crippen LogP contribution < -0.4 is 4.74 Å². The predicted molar refractivity (Wildman–Crippen MR) is 97.8 cm³/mol. The highest BCUT2D eigenvalue weighted by Gasteiger charge is 2.13. The molecule has 4 aromatic rings. The van der Waals surface area contributed by atoms with E-state index < -0.39 is 0 Å². The van der Waals surface area contributed by atoms with E-state index in [9.17, 15) is 0 Å². The van der Waals surface area contributed by atoms with Crippen LogP contribution in [0.3, 0.4) is 0 Å². The average molecular weight is 367 g/mol. The molecule has 0 fully saturated rings. The number of nitrogens with zero attached hydrogens (tertiary/aromatic N) is 4. The Bertz CT molecular complexity index is 1030. The van der Waals surface area contributed by atoms with Crippen LogP contribution in [-0.4, -0.2) is 19.9 Å². The van der Waals surface area contributed by atoms with Crippen LogP contribution in [0.15, 0.2) is 65.3 Å². The first kappa shape index (κ1) is 16.4. The largest absolute Gasteiger partial charge is 0.471 e. The van der Waals surface area contributed by atoms with Crippen LogP contribution in [0.2, 0.25) is 5.02 Å². The number of halogens is 1. The first-order valence-corrected chi connectivity index (χ1v) is 8.39. The highest BCUT2D eigenvalue weighted by atomic mass is 35.5. The number of rotatable bonds is 5. The Morgan fingerprint density at radius 2 is 1.96 bits per heavy atom. The summed E-state index contributed by atoms with van der Waals surface area (Å²) in [6.45, 7) is 2.20. The van der Waals surface area contributed by atoms with Gasteiger partial charge in [-0.15, -0.1) is 0 Å². The topological polar surface area (TPSA) is 66.0 Å². The molecule has 0 saturated carbocycles. The van der Waals surface area contributed by atoms with E-state index in [1.54, 1.807) is 16.9 Å². The van der Waals surface area contributed by atoms with Gasteiger partial charge in [0.15, 0.2) is 12.4 Å². The molecule has 2 heterocycles. The van der Waals surface area contributed by atoms with Crippen molar-refractivity contribution in [3.63, 3.8) is 0 Å². The maximum absolute atomic E-state index is 6.02. The van der Waals surface area contributed by atoms with Crippen LogP contribution in [-0.2, 0) is 6.73 Å². The van der Waals surface area contributed by atoms with E-state index in [0.29, 0.717) is 22.4 Å². The molecule has 26 heavy (non-hydrogen) atoms. The molecule has 0 bridgehead atoms. The Balaban J connectivity index is 1.46. The minimum atomic E-state index is 0.265. The van der Waals surface area contributed by atoms with Gasteiger partial charge in [0.25, 0.3) is 5.89 Å². The number of hydrogen-bond donors (Lipinski definition) is 0. The monoisotopic (exact) mass is 366 g/mol. The lowest BCUT2D eigenvalue weighted by Gasteiger charge is -2.07. The summed E-state index contributed by atoms with van der Waals surface area (Å²) >= 11 is 6.02. The second-order valence-corrected chi connectivity index (χ2v) is 6.12. The van der Waals surface area contributed by atoms with E-state index in [-0.39, 0.29) is 6.73 Å². The Morgan fingerprint density at radius 3 is 2.77 bits per heavy atom. The van der Waals surface area contributed by atoms with Crippen LogP contribution in [0, 0.1) is 6.92 Å². The molecule has 0 saturated heterocycles. The molecule has 0 aliphatic heterocycles. The maximum atomic E-state index is 6.02. The summed E-state index contributed by atoms with van der Waals surface area (Å²) in [5.41, 5.74) is 2.45. The summed E-state index contributed by atoms with van der Waals surface area (Å²) in [6, 6.07) is 17.0. The third kappa shape index (κ3) is 3.45. The van der Waals surface area contributed by atoms with Crippen LogP contribution in [0.4, 0.5) is 0 Å². The van der Waals surface area contributed by atoms with Crippen molar-refractivity contribution < 1.29 is 9.26 Å². The molecule has 7 heteroatoms. The molecule has 130 valence electrons. The summed E-state index contributed by atoms with van der Waals surface area (Å²) in [4.78, 5) is 4.39. The van der Waals surface area contributed by atoms with Crippen molar-refractivity contribution in [2.75, 3.05) is 0 Å². The van der Waals surface area contributed by atoms with Crippen molar-refractivity contribution in [1.82, 2.24) is 19.9 Å². The van der Waals surface area contributed by atoms with Crippen LogP contribution in [0.25, 0.3) is 23.0 Å². The van der Waals surface area contributed by atoms with Crippen molar-refractivity contribution in [2.45, 2.75) is 13.7 Å². The molecular weight excluding hydrogens is 352 g/mol. The van der Waals surface area contributed by atoms with Gasteiger partial charge in [-0.05, 0) is 36.8 Å². The lowest BCUT2D eigenvalue weighted by Crippen LogP contribution is -2.05. The second-order valence-electron chi connectivity index (χ2n) is 5.71. The van der Waals surface area contributed by atoms with Crippen LogP contribution in [0.1, 0.15) is 5.56 Å². The number of aromatic nitrogens is 4. The molecule has 0 aliphatic carbocycles. The molecule has 0 atom stereocenters. The van der Waals surface area contributed by atoms with E-state index in [2.05, 4.69) is 15.2 Å². The standard InChI is InChI=1S/C19H15ClN4O2/c1-13-11-15(7-8-16(13)20)25-12-24-10-9-17(22-24)19-21-18(23-26-19)14-5-3-2-4-6-14/h2-11H,12H2,1H3. The summed E-state index contributed by atoms with van der Waals surface area (Å²) in [5.74, 6) is 1.63. The summed E-state index contributed by atoms with van der Waals surface area (Å²) in [7, 11) is 0. The van der Waals surface area contributed by atoms with Crippen molar-refractivity contribution in [3.8, 4) is 28.7 Å². The quantitative estimate of drug-likeness (QED) is 0.516. The van der Waals surface area contributed by atoms with Gasteiger partial charge in [0.05, 0.1) is 0 Å². The van der Waals surface area contributed by atoms with Gasteiger partial charge in [-0.2, -0.15) is 10.1 Å². The van der Waals surface area contributed by atoms with Gasteiger partial charge in [-0.1, -0.05) is 47.1 Å². The Hall–Kier alpha value is -3.12. The fraction of sp³-hybridized carbons (Fsp3) is 0.105. The summed E-state index contributed by atoms with van der Waals surface area (Å²) < 4.78 is 12.7. The third-order valence-electron chi connectivity index (χ3n) is 3.81. The van der Waals surface area contributed by atoms with E-state index in [1.165, 1.54) is 0 Å². The highest BCUT2D eigenvalue weighted by molar-refractivity contribution is 6.31. The van der Waals surface area contributed by atoms with Crippen LogP contribution >= 0.6 is 11.6 Å². The van der Waals surface area contributed by atoms with E-state index in [1.807, 2.05) is 55.5 Å².